The lowest BCUT2D eigenvalue weighted by atomic mass is 10.1. The molecule has 118 valence electrons. The molecule has 0 aliphatic heterocycles. The minimum Gasteiger partial charge on any atom is -0.466 e. The smallest absolute Gasteiger partial charge is 0.309 e. The van der Waals surface area contributed by atoms with Gasteiger partial charge in [0, 0.05) is 2.91 Å². The number of carbonyl (C=O) groups excluding carboxylic acids is 1. The van der Waals surface area contributed by atoms with Gasteiger partial charge in [-0.15, -0.1) is 11.8 Å². The van der Waals surface area contributed by atoms with E-state index < -0.39 is 0 Å². The lowest BCUT2D eigenvalue weighted by Crippen LogP contribution is -2.06. The van der Waals surface area contributed by atoms with Crippen molar-refractivity contribution in [3.63, 3.8) is 0 Å². The Labute approximate surface area is 142 Å². The number of hydrogen-bond donors (Lipinski definition) is 0. The molecular formula is C16H29IO2S. The maximum absolute atomic E-state index is 11.7. The molecule has 0 aromatic heterocycles. The Bertz CT molecular complexity index is 290. The summed E-state index contributed by atoms with van der Waals surface area (Å²) in [5.41, 5.74) is 1.28. The number of unbranched alkanes of at least 4 members (excludes halogenated alkanes) is 4. The number of rotatable bonds is 12. The molecule has 0 saturated carbocycles. The second kappa shape index (κ2) is 14.2. The van der Waals surface area contributed by atoms with Gasteiger partial charge in [-0.05, 0) is 60.1 Å². The number of thioether (sulfide) groups is 1. The number of esters is 1. The fourth-order valence-corrected chi connectivity index (χ4v) is 3.93. The van der Waals surface area contributed by atoms with E-state index in [1.54, 1.807) is 0 Å². The maximum atomic E-state index is 11.7. The molecule has 4 heteroatoms. The van der Waals surface area contributed by atoms with Gasteiger partial charge in [-0.1, -0.05) is 39.5 Å². The molecule has 0 spiro atoms. The van der Waals surface area contributed by atoms with E-state index in [2.05, 4.69) is 36.4 Å². The van der Waals surface area contributed by atoms with E-state index in [4.69, 9.17) is 4.74 Å². The monoisotopic (exact) mass is 412 g/mol. The molecule has 0 bridgehead atoms. The highest BCUT2D eigenvalue weighted by Crippen LogP contribution is 2.32. The first kappa shape index (κ1) is 20.3. The normalized spacial score (nSPS) is 12.2. The molecule has 0 amide bonds. The van der Waals surface area contributed by atoms with E-state index in [0.29, 0.717) is 13.0 Å². The average molecular weight is 412 g/mol. The van der Waals surface area contributed by atoms with Crippen molar-refractivity contribution in [2.24, 2.45) is 0 Å². The van der Waals surface area contributed by atoms with Gasteiger partial charge in [0.1, 0.15) is 0 Å². The molecule has 0 heterocycles. The lowest BCUT2D eigenvalue weighted by Gasteiger charge is -2.11. The molecule has 0 aromatic carbocycles. The van der Waals surface area contributed by atoms with Crippen LogP contribution in [0.4, 0.5) is 0 Å². The van der Waals surface area contributed by atoms with Crippen molar-refractivity contribution in [2.45, 2.75) is 72.1 Å². The molecule has 0 aliphatic rings. The summed E-state index contributed by atoms with van der Waals surface area (Å²) in [6, 6.07) is 0. The zero-order chi connectivity index (χ0) is 15.2. The Morgan fingerprint density at radius 1 is 1.05 bits per heavy atom. The van der Waals surface area contributed by atoms with Gasteiger partial charge in [-0.2, -0.15) is 0 Å². The summed E-state index contributed by atoms with van der Waals surface area (Å²) in [5, 5.41) is 0. The summed E-state index contributed by atoms with van der Waals surface area (Å²) < 4.78 is 6.40. The van der Waals surface area contributed by atoms with Gasteiger partial charge in [-0.25, -0.2) is 0 Å². The average Bonchev–Trinajstić information content (AvgIpc) is 2.42. The van der Waals surface area contributed by atoms with Gasteiger partial charge in [0.15, 0.2) is 0 Å². The summed E-state index contributed by atoms with van der Waals surface area (Å²) in [7, 11) is 0. The van der Waals surface area contributed by atoms with Crippen molar-refractivity contribution in [1.29, 1.82) is 0 Å². The van der Waals surface area contributed by atoms with E-state index in [9.17, 15) is 4.79 Å². The Kier molecular flexibility index (Phi) is 14.4. The molecule has 0 N–H and O–H groups in total. The first-order valence-electron chi connectivity index (χ1n) is 7.81. The minimum absolute atomic E-state index is 0.0803. The van der Waals surface area contributed by atoms with Gasteiger partial charge < -0.3 is 4.74 Å². The Balaban J connectivity index is 4.41. The predicted octanol–water partition coefficient (Wildman–Crippen LogP) is 6.09. The zero-order valence-electron chi connectivity index (χ0n) is 13.2. The summed E-state index contributed by atoms with van der Waals surface area (Å²) >= 11 is 4.29. The van der Waals surface area contributed by atoms with Crippen LogP contribution in [-0.4, -0.2) is 18.3 Å². The van der Waals surface area contributed by atoms with Crippen LogP contribution in [0.5, 0.6) is 0 Å². The summed E-state index contributed by atoms with van der Waals surface area (Å²) in [6.45, 7) is 6.77. The standard InChI is InChI=1S/C16H29IO2S/c1-4-7-9-10-11-14(13-15(18)19-6-3)16(17)20-12-8-5-2/h4-13H2,1-3H3/b16-14+. The van der Waals surface area contributed by atoms with Gasteiger partial charge in [0.25, 0.3) is 0 Å². The third kappa shape index (κ3) is 11.0. The summed E-state index contributed by atoms with van der Waals surface area (Å²) in [5.74, 6) is 1.07. The molecule has 0 unspecified atom stereocenters. The largest absolute Gasteiger partial charge is 0.466 e. The second-order valence-corrected chi connectivity index (χ2v) is 7.79. The topological polar surface area (TPSA) is 26.3 Å². The number of halogens is 1. The van der Waals surface area contributed by atoms with E-state index in [0.717, 1.165) is 12.2 Å². The van der Waals surface area contributed by atoms with Crippen LogP contribution < -0.4 is 0 Å². The molecule has 0 aromatic rings. The fourth-order valence-electron chi connectivity index (χ4n) is 1.82. The van der Waals surface area contributed by atoms with Gasteiger partial charge in [0.05, 0.1) is 13.0 Å². The number of hydrogen-bond acceptors (Lipinski definition) is 3. The second-order valence-electron chi connectivity index (χ2n) is 4.87. The van der Waals surface area contributed by atoms with E-state index in [-0.39, 0.29) is 5.97 Å². The van der Waals surface area contributed by atoms with Gasteiger partial charge >= 0.3 is 5.97 Å². The van der Waals surface area contributed by atoms with Crippen LogP contribution >= 0.6 is 34.4 Å². The van der Waals surface area contributed by atoms with Crippen LogP contribution in [0.1, 0.15) is 72.1 Å². The van der Waals surface area contributed by atoms with Crippen LogP contribution in [0.3, 0.4) is 0 Å². The third-order valence-corrected chi connectivity index (χ3v) is 5.73. The van der Waals surface area contributed by atoms with E-state index >= 15 is 0 Å². The van der Waals surface area contributed by atoms with E-state index in [1.165, 1.54) is 47.0 Å². The molecule has 0 atom stereocenters. The molecule has 2 nitrogen and oxygen atoms in total. The highest BCUT2D eigenvalue weighted by molar-refractivity contribution is 14.1. The highest BCUT2D eigenvalue weighted by atomic mass is 127. The SMILES string of the molecule is CCCCCC/C(CC(=O)OCC)=C(/I)SCCCC. The van der Waals surface area contributed by atoms with Crippen molar-refractivity contribution >= 4 is 40.3 Å². The lowest BCUT2D eigenvalue weighted by molar-refractivity contribution is -0.142. The maximum Gasteiger partial charge on any atom is 0.309 e. The van der Waals surface area contributed by atoms with Crippen LogP contribution in [0.15, 0.2) is 8.48 Å². The molecular weight excluding hydrogens is 383 g/mol. The van der Waals surface area contributed by atoms with Gasteiger partial charge in [-0.3, -0.25) is 4.79 Å². The van der Waals surface area contributed by atoms with Crippen molar-refractivity contribution in [2.75, 3.05) is 12.4 Å². The van der Waals surface area contributed by atoms with Crippen LogP contribution in [-0.2, 0) is 9.53 Å². The predicted molar refractivity (Wildman–Crippen MR) is 98.4 cm³/mol. The molecule has 0 saturated heterocycles. The van der Waals surface area contributed by atoms with Crippen LogP contribution in [0.2, 0.25) is 0 Å². The molecule has 0 rings (SSSR count). The quantitative estimate of drug-likeness (QED) is 0.220. The Hall–Kier alpha value is 0.290. The molecule has 0 radical (unpaired) electrons. The molecule has 0 aliphatic carbocycles. The summed E-state index contributed by atoms with van der Waals surface area (Å²) in [6.07, 6.45) is 8.94. The van der Waals surface area contributed by atoms with Crippen molar-refractivity contribution in [3.8, 4) is 0 Å². The van der Waals surface area contributed by atoms with E-state index in [1.807, 2.05) is 18.7 Å². The highest BCUT2D eigenvalue weighted by Gasteiger charge is 2.11. The van der Waals surface area contributed by atoms with Crippen molar-refractivity contribution < 1.29 is 9.53 Å². The van der Waals surface area contributed by atoms with Crippen LogP contribution in [0, 0.1) is 0 Å². The first-order valence-corrected chi connectivity index (χ1v) is 9.88. The minimum atomic E-state index is -0.0803. The van der Waals surface area contributed by atoms with Crippen LogP contribution in [0.25, 0.3) is 0 Å². The summed E-state index contributed by atoms with van der Waals surface area (Å²) in [4.78, 5) is 11.7. The molecule has 0 fully saturated rings. The third-order valence-electron chi connectivity index (χ3n) is 3.00. The van der Waals surface area contributed by atoms with Crippen molar-refractivity contribution in [1.82, 2.24) is 0 Å². The fraction of sp³-hybridized carbons (Fsp3) is 0.812. The number of ether oxygens (including phenoxy) is 1. The first-order chi connectivity index (χ1) is 9.65. The van der Waals surface area contributed by atoms with Crippen molar-refractivity contribution in [3.05, 3.63) is 8.48 Å². The Morgan fingerprint density at radius 3 is 2.35 bits per heavy atom. The van der Waals surface area contributed by atoms with Gasteiger partial charge in [0.2, 0.25) is 0 Å². The molecule has 20 heavy (non-hydrogen) atoms. The zero-order valence-corrected chi connectivity index (χ0v) is 16.1. The number of carbonyl (C=O) groups is 1. The Morgan fingerprint density at radius 2 is 1.75 bits per heavy atom.